The number of hydrogen-bond acceptors (Lipinski definition) is 4. The number of ether oxygens (including phenoxy) is 2. The molecule has 0 N–H and O–H groups in total. The predicted molar refractivity (Wildman–Crippen MR) is 90.7 cm³/mol. The minimum atomic E-state index is -0.0657. The number of hydrogen-bond donors (Lipinski definition) is 0. The van der Waals surface area contributed by atoms with Crippen molar-refractivity contribution in [3.63, 3.8) is 0 Å². The quantitative estimate of drug-likeness (QED) is 0.743. The minimum Gasteiger partial charge on any atom is -0.493 e. The summed E-state index contributed by atoms with van der Waals surface area (Å²) in [5.74, 6) is 1.30. The van der Waals surface area contributed by atoms with Crippen molar-refractivity contribution in [3.8, 4) is 11.5 Å². The molecule has 0 aliphatic heterocycles. The fourth-order valence-electron chi connectivity index (χ4n) is 3.20. The first-order valence-electron chi connectivity index (χ1n) is 7.72. The van der Waals surface area contributed by atoms with Gasteiger partial charge in [-0.2, -0.15) is 5.10 Å². The standard InChI is InChI=1S/C17H21N3O3/c1-6-19-12-9-14(23-5)13(22-4)8-11(12)15-10(3)18-20(7-2)17(21)16(15)19/h8-9H,6-7H2,1-5H3. The Balaban J connectivity index is 2.59. The number of nitrogens with zero attached hydrogens (tertiary/aromatic N) is 3. The van der Waals surface area contributed by atoms with Crippen LogP contribution in [0.25, 0.3) is 21.8 Å². The molecule has 0 saturated carbocycles. The van der Waals surface area contributed by atoms with Crippen molar-refractivity contribution in [2.45, 2.75) is 33.9 Å². The van der Waals surface area contributed by atoms with Crippen molar-refractivity contribution in [2.24, 2.45) is 0 Å². The zero-order valence-electron chi connectivity index (χ0n) is 14.1. The molecule has 2 heterocycles. The Kier molecular flexibility index (Phi) is 3.75. The van der Waals surface area contributed by atoms with Gasteiger partial charge in [-0.3, -0.25) is 4.79 Å². The molecule has 23 heavy (non-hydrogen) atoms. The molecule has 0 aliphatic rings. The summed E-state index contributed by atoms with van der Waals surface area (Å²) < 4.78 is 14.4. The van der Waals surface area contributed by atoms with Crippen LogP contribution in [0.1, 0.15) is 19.5 Å². The molecule has 0 saturated heterocycles. The van der Waals surface area contributed by atoms with Crippen LogP contribution in [-0.2, 0) is 13.1 Å². The topological polar surface area (TPSA) is 58.3 Å². The Labute approximate surface area is 134 Å². The van der Waals surface area contributed by atoms with Gasteiger partial charge in [0.05, 0.1) is 25.4 Å². The highest BCUT2D eigenvalue weighted by molar-refractivity contribution is 6.09. The first-order chi connectivity index (χ1) is 11.1. The molecule has 6 nitrogen and oxygen atoms in total. The van der Waals surface area contributed by atoms with Gasteiger partial charge in [-0.1, -0.05) is 0 Å². The maximum absolute atomic E-state index is 12.8. The number of fused-ring (bicyclic) bond motifs is 3. The smallest absolute Gasteiger partial charge is 0.291 e. The first-order valence-corrected chi connectivity index (χ1v) is 7.72. The third kappa shape index (κ3) is 2.09. The zero-order chi connectivity index (χ0) is 16.7. The molecule has 6 heteroatoms. The summed E-state index contributed by atoms with van der Waals surface area (Å²) in [4.78, 5) is 12.8. The lowest BCUT2D eigenvalue weighted by Gasteiger charge is -2.09. The molecule has 0 bridgehead atoms. The van der Waals surface area contributed by atoms with Crippen LogP contribution < -0.4 is 15.0 Å². The Morgan fingerprint density at radius 1 is 1.09 bits per heavy atom. The van der Waals surface area contributed by atoms with Gasteiger partial charge < -0.3 is 14.0 Å². The van der Waals surface area contributed by atoms with Crippen LogP contribution in [-0.4, -0.2) is 28.6 Å². The molecular weight excluding hydrogens is 294 g/mol. The number of aromatic nitrogens is 3. The minimum absolute atomic E-state index is 0.0657. The molecule has 3 rings (SSSR count). The van der Waals surface area contributed by atoms with Crippen molar-refractivity contribution in [1.29, 1.82) is 0 Å². The molecule has 0 aliphatic carbocycles. The summed E-state index contributed by atoms with van der Waals surface area (Å²) in [5, 5.41) is 6.28. The second-order valence-corrected chi connectivity index (χ2v) is 5.40. The van der Waals surface area contributed by atoms with Crippen LogP contribution in [0, 0.1) is 6.92 Å². The fourth-order valence-corrected chi connectivity index (χ4v) is 3.20. The molecule has 0 fully saturated rings. The molecule has 0 atom stereocenters. The van der Waals surface area contributed by atoms with E-state index in [1.807, 2.05) is 37.5 Å². The zero-order valence-corrected chi connectivity index (χ0v) is 14.1. The molecule has 1 aromatic carbocycles. The molecule has 2 aromatic heterocycles. The summed E-state index contributed by atoms with van der Waals surface area (Å²) in [6, 6.07) is 3.85. The van der Waals surface area contributed by atoms with Crippen molar-refractivity contribution >= 4 is 21.8 Å². The van der Waals surface area contributed by atoms with E-state index in [-0.39, 0.29) is 5.56 Å². The Bertz CT molecular complexity index is 954. The van der Waals surface area contributed by atoms with Gasteiger partial charge in [0.2, 0.25) is 0 Å². The van der Waals surface area contributed by atoms with Crippen LogP contribution in [0.15, 0.2) is 16.9 Å². The van der Waals surface area contributed by atoms with E-state index < -0.39 is 0 Å². The average molecular weight is 315 g/mol. The van der Waals surface area contributed by atoms with E-state index in [0.717, 1.165) is 22.0 Å². The van der Waals surface area contributed by atoms with Gasteiger partial charge in [0.15, 0.2) is 11.5 Å². The van der Waals surface area contributed by atoms with E-state index in [1.165, 1.54) is 4.68 Å². The molecule has 3 aromatic rings. The van der Waals surface area contributed by atoms with E-state index in [0.29, 0.717) is 30.1 Å². The lowest BCUT2D eigenvalue weighted by Crippen LogP contribution is -2.24. The summed E-state index contributed by atoms with van der Waals surface area (Å²) in [6.45, 7) is 7.13. The van der Waals surface area contributed by atoms with E-state index in [1.54, 1.807) is 14.2 Å². The Hall–Kier alpha value is -2.50. The van der Waals surface area contributed by atoms with Crippen LogP contribution in [0.4, 0.5) is 0 Å². The van der Waals surface area contributed by atoms with Crippen LogP contribution in [0.5, 0.6) is 11.5 Å². The highest BCUT2D eigenvalue weighted by atomic mass is 16.5. The van der Waals surface area contributed by atoms with Gasteiger partial charge in [-0.25, -0.2) is 4.68 Å². The molecule has 122 valence electrons. The number of benzene rings is 1. The van der Waals surface area contributed by atoms with E-state index >= 15 is 0 Å². The van der Waals surface area contributed by atoms with Gasteiger partial charge in [-0.15, -0.1) is 0 Å². The van der Waals surface area contributed by atoms with E-state index in [9.17, 15) is 4.79 Å². The van der Waals surface area contributed by atoms with Crippen LogP contribution in [0.3, 0.4) is 0 Å². The maximum Gasteiger partial charge on any atom is 0.291 e. The maximum atomic E-state index is 12.8. The molecule has 0 amide bonds. The highest BCUT2D eigenvalue weighted by Gasteiger charge is 2.20. The first kappa shape index (κ1) is 15.4. The summed E-state index contributed by atoms with van der Waals surface area (Å²) in [5.41, 5.74) is 2.41. The van der Waals surface area contributed by atoms with Crippen molar-refractivity contribution < 1.29 is 9.47 Å². The third-order valence-electron chi connectivity index (χ3n) is 4.25. The van der Waals surface area contributed by atoms with Crippen molar-refractivity contribution in [1.82, 2.24) is 14.3 Å². The van der Waals surface area contributed by atoms with Crippen molar-refractivity contribution in [2.75, 3.05) is 14.2 Å². The van der Waals surface area contributed by atoms with Gasteiger partial charge in [-0.05, 0) is 26.8 Å². The van der Waals surface area contributed by atoms with E-state index in [4.69, 9.17) is 9.47 Å². The summed E-state index contributed by atoms with van der Waals surface area (Å²) >= 11 is 0. The van der Waals surface area contributed by atoms with Crippen LogP contribution >= 0.6 is 0 Å². The number of rotatable bonds is 4. The largest absolute Gasteiger partial charge is 0.493 e. The Morgan fingerprint density at radius 3 is 2.30 bits per heavy atom. The normalized spacial score (nSPS) is 11.3. The third-order valence-corrected chi connectivity index (χ3v) is 4.25. The van der Waals surface area contributed by atoms with Gasteiger partial charge in [0.1, 0.15) is 5.52 Å². The lowest BCUT2D eigenvalue weighted by molar-refractivity contribution is 0.355. The van der Waals surface area contributed by atoms with Gasteiger partial charge >= 0.3 is 0 Å². The second-order valence-electron chi connectivity index (χ2n) is 5.40. The average Bonchev–Trinajstić information content (AvgIpc) is 2.90. The molecule has 0 unspecified atom stereocenters. The molecular formula is C17H21N3O3. The predicted octanol–water partition coefficient (Wildman–Crippen LogP) is 2.72. The molecule has 0 spiro atoms. The summed E-state index contributed by atoms with van der Waals surface area (Å²) in [7, 11) is 3.22. The highest BCUT2D eigenvalue weighted by Crippen LogP contribution is 2.37. The van der Waals surface area contributed by atoms with Gasteiger partial charge in [0, 0.05) is 29.9 Å². The molecule has 0 radical (unpaired) electrons. The van der Waals surface area contributed by atoms with E-state index in [2.05, 4.69) is 5.10 Å². The van der Waals surface area contributed by atoms with Crippen LogP contribution in [0.2, 0.25) is 0 Å². The monoisotopic (exact) mass is 315 g/mol. The number of methoxy groups -OCH3 is 2. The lowest BCUT2D eigenvalue weighted by atomic mass is 10.1. The number of aryl methyl sites for hydroxylation is 3. The summed E-state index contributed by atoms with van der Waals surface area (Å²) in [6.07, 6.45) is 0. The van der Waals surface area contributed by atoms with Crippen molar-refractivity contribution in [3.05, 3.63) is 28.2 Å². The fraction of sp³-hybridized carbons (Fsp3) is 0.412. The SMILES string of the molecule is CCn1nc(C)c2c3cc(OC)c(OC)cc3n(CC)c2c1=O. The second kappa shape index (κ2) is 5.61. The Morgan fingerprint density at radius 2 is 1.74 bits per heavy atom. The van der Waals surface area contributed by atoms with Gasteiger partial charge in [0.25, 0.3) is 5.56 Å².